The van der Waals surface area contributed by atoms with E-state index in [0.717, 1.165) is 77.7 Å². The van der Waals surface area contributed by atoms with Crippen LogP contribution in [-0.4, -0.2) is 19.6 Å². The topological polar surface area (TPSA) is 64.1 Å². The van der Waals surface area contributed by atoms with Crippen LogP contribution in [0.2, 0.25) is 0 Å². The van der Waals surface area contributed by atoms with Crippen molar-refractivity contribution in [1.29, 1.82) is 0 Å². The van der Waals surface area contributed by atoms with Gasteiger partial charge in [0, 0.05) is 39.7 Å². The third-order valence-corrected chi connectivity index (χ3v) is 11.9. The lowest BCUT2D eigenvalue weighted by Crippen LogP contribution is -2.12. The SMILES string of the molecule is CC(C)(C)c1cc(-c2cc(-c3ccccc3)ccn2)cc(-c2cccc3c2nc(-c2cc4c(cc2O)oc2ccccc24)n3-c2ccc(C(C)(C)C)cc2-c2ccccc2)c1. The summed E-state index contributed by atoms with van der Waals surface area (Å²) >= 11 is 0. The Kier molecular flexibility index (Phi) is 9.03. The molecule has 10 rings (SSSR count). The van der Waals surface area contributed by atoms with Gasteiger partial charge in [-0.2, -0.15) is 0 Å². The molecule has 0 amide bonds. The monoisotopic (exact) mass is 793 g/mol. The standard InChI is InChI=1S/C56H47N3O2/c1-55(2,3)40-24-25-48(44(32-40)36-18-11-8-12-19-36)59-49-22-15-21-42(53(49)58-54(59)46-33-45-43-20-13-14-23-51(43)61-52(45)34-50(46)60)38-28-39(30-41(29-38)56(4,5)6)47-31-37(26-27-57-47)35-16-9-7-10-17-35/h7-34,60H,1-6H3. The summed E-state index contributed by atoms with van der Waals surface area (Å²) in [6, 6.07) is 57.0. The van der Waals surface area contributed by atoms with Crippen molar-refractivity contribution in [2.24, 2.45) is 0 Å². The first-order valence-corrected chi connectivity index (χ1v) is 20.9. The Bertz CT molecular complexity index is 3270. The predicted octanol–water partition coefficient (Wildman–Crippen LogP) is 15.0. The third kappa shape index (κ3) is 6.86. The molecule has 61 heavy (non-hydrogen) atoms. The summed E-state index contributed by atoms with van der Waals surface area (Å²) in [4.78, 5) is 10.5. The molecule has 0 bridgehead atoms. The Labute approximate surface area is 356 Å². The Morgan fingerprint density at radius 3 is 1.95 bits per heavy atom. The van der Waals surface area contributed by atoms with E-state index in [1.165, 1.54) is 11.1 Å². The molecular formula is C56H47N3O2. The number of benzene rings is 7. The number of nitrogens with zero attached hydrogens (tertiary/aromatic N) is 3. The molecule has 0 aliphatic heterocycles. The number of phenols is 1. The Balaban J connectivity index is 1.26. The number of aromatic nitrogens is 3. The molecule has 5 heteroatoms. The number of hydrogen-bond acceptors (Lipinski definition) is 4. The third-order valence-electron chi connectivity index (χ3n) is 11.9. The van der Waals surface area contributed by atoms with Gasteiger partial charge in [-0.1, -0.05) is 145 Å². The molecular weight excluding hydrogens is 747 g/mol. The van der Waals surface area contributed by atoms with E-state index in [0.29, 0.717) is 17.0 Å². The van der Waals surface area contributed by atoms with E-state index in [1.54, 1.807) is 6.07 Å². The lowest BCUT2D eigenvalue weighted by molar-refractivity contribution is 0.476. The van der Waals surface area contributed by atoms with Gasteiger partial charge in [-0.25, -0.2) is 4.98 Å². The van der Waals surface area contributed by atoms with Crippen molar-refractivity contribution in [2.75, 3.05) is 0 Å². The highest BCUT2D eigenvalue weighted by Crippen LogP contribution is 2.44. The smallest absolute Gasteiger partial charge is 0.149 e. The number of aromatic hydroxyl groups is 1. The second-order valence-corrected chi connectivity index (χ2v) is 18.1. The zero-order valence-electron chi connectivity index (χ0n) is 35.4. The van der Waals surface area contributed by atoms with Gasteiger partial charge in [0.25, 0.3) is 0 Å². The number of pyridine rings is 1. The average molecular weight is 794 g/mol. The first kappa shape index (κ1) is 38.0. The van der Waals surface area contributed by atoms with Gasteiger partial charge in [0.05, 0.1) is 28.0 Å². The maximum atomic E-state index is 12.0. The van der Waals surface area contributed by atoms with Crippen LogP contribution in [-0.2, 0) is 10.8 Å². The van der Waals surface area contributed by atoms with Crippen LogP contribution < -0.4 is 0 Å². The summed E-state index contributed by atoms with van der Waals surface area (Å²) in [5.41, 5.74) is 15.4. The van der Waals surface area contributed by atoms with Gasteiger partial charge in [0.1, 0.15) is 22.7 Å². The van der Waals surface area contributed by atoms with Gasteiger partial charge in [-0.3, -0.25) is 9.55 Å². The molecule has 7 aromatic carbocycles. The zero-order chi connectivity index (χ0) is 42.0. The zero-order valence-corrected chi connectivity index (χ0v) is 35.4. The van der Waals surface area contributed by atoms with Gasteiger partial charge in [-0.05, 0) is 98.8 Å². The summed E-state index contributed by atoms with van der Waals surface area (Å²) in [6.07, 6.45) is 1.90. The van der Waals surface area contributed by atoms with Crippen molar-refractivity contribution in [3.63, 3.8) is 0 Å². The van der Waals surface area contributed by atoms with Crippen LogP contribution in [0.15, 0.2) is 174 Å². The van der Waals surface area contributed by atoms with E-state index >= 15 is 0 Å². The number of phenolic OH excluding ortho intramolecular Hbond substituents is 1. The largest absolute Gasteiger partial charge is 0.507 e. The summed E-state index contributed by atoms with van der Waals surface area (Å²) in [5.74, 6) is 0.732. The molecule has 0 saturated heterocycles. The minimum Gasteiger partial charge on any atom is -0.507 e. The van der Waals surface area contributed by atoms with Crippen molar-refractivity contribution in [1.82, 2.24) is 14.5 Å². The Morgan fingerprint density at radius 1 is 0.492 bits per heavy atom. The van der Waals surface area contributed by atoms with Crippen molar-refractivity contribution in [3.05, 3.63) is 181 Å². The molecule has 1 N–H and O–H groups in total. The highest BCUT2D eigenvalue weighted by atomic mass is 16.3. The van der Waals surface area contributed by atoms with Crippen LogP contribution in [0.4, 0.5) is 0 Å². The highest BCUT2D eigenvalue weighted by Gasteiger charge is 2.26. The highest BCUT2D eigenvalue weighted by molar-refractivity contribution is 6.07. The summed E-state index contributed by atoms with van der Waals surface area (Å²) in [7, 11) is 0. The lowest BCUT2D eigenvalue weighted by Gasteiger charge is -2.23. The predicted molar refractivity (Wildman–Crippen MR) is 252 cm³/mol. The first-order valence-electron chi connectivity index (χ1n) is 20.9. The van der Waals surface area contributed by atoms with Gasteiger partial charge in [-0.15, -0.1) is 0 Å². The molecule has 0 aliphatic carbocycles. The maximum absolute atomic E-state index is 12.0. The normalized spacial score (nSPS) is 12.2. The van der Waals surface area contributed by atoms with E-state index in [2.05, 4.69) is 174 Å². The molecule has 0 atom stereocenters. The van der Waals surface area contributed by atoms with E-state index < -0.39 is 0 Å². The number of hydrogen-bond donors (Lipinski definition) is 1. The van der Waals surface area contributed by atoms with Crippen LogP contribution in [0.1, 0.15) is 52.7 Å². The fourth-order valence-electron chi connectivity index (χ4n) is 8.51. The quantitative estimate of drug-likeness (QED) is 0.182. The molecule has 10 aromatic rings. The fraction of sp³-hybridized carbons (Fsp3) is 0.143. The number of fused-ring (bicyclic) bond motifs is 4. The summed E-state index contributed by atoms with van der Waals surface area (Å²) in [5, 5.41) is 13.9. The summed E-state index contributed by atoms with van der Waals surface area (Å²) < 4.78 is 8.46. The van der Waals surface area contributed by atoms with E-state index in [-0.39, 0.29) is 16.6 Å². The maximum Gasteiger partial charge on any atom is 0.149 e. The molecule has 0 saturated carbocycles. The molecule has 3 heterocycles. The molecule has 0 radical (unpaired) electrons. The first-order chi connectivity index (χ1) is 29.4. The molecule has 3 aromatic heterocycles. The van der Waals surface area contributed by atoms with Gasteiger partial charge < -0.3 is 9.52 Å². The Morgan fingerprint density at radius 2 is 1.20 bits per heavy atom. The second kappa shape index (κ2) is 14.5. The Hall–Kier alpha value is -7.24. The number of imidazole rings is 1. The van der Waals surface area contributed by atoms with Crippen LogP contribution in [0.5, 0.6) is 5.75 Å². The minimum absolute atomic E-state index is 0.0774. The van der Waals surface area contributed by atoms with Gasteiger partial charge in [0.2, 0.25) is 0 Å². The molecule has 0 spiro atoms. The van der Waals surface area contributed by atoms with Crippen LogP contribution in [0, 0.1) is 0 Å². The molecule has 5 nitrogen and oxygen atoms in total. The fourth-order valence-corrected chi connectivity index (χ4v) is 8.51. The van der Waals surface area contributed by atoms with E-state index in [4.69, 9.17) is 14.4 Å². The van der Waals surface area contributed by atoms with E-state index in [9.17, 15) is 5.11 Å². The number of rotatable bonds is 6. The summed E-state index contributed by atoms with van der Waals surface area (Å²) in [6.45, 7) is 13.5. The number of furan rings is 1. The van der Waals surface area contributed by atoms with Gasteiger partial charge in [0.15, 0.2) is 0 Å². The van der Waals surface area contributed by atoms with Crippen molar-refractivity contribution in [2.45, 2.75) is 52.4 Å². The van der Waals surface area contributed by atoms with Crippen LogP contribution in [0.25, 0.3) is 94.7 Å². The van der Waals surface area contributed by atoms with Crippen molar-refractivity contribution in [3.8, 4) is 67.5 Å². The molecule has 0 fully saturated rings. The molecule has 0 unspecified atom stereocenters. The lowest BCUT2D eigenvalue weighted by atomic mass is 9.83. The minimum atomic E-state index is -0.145. The second-order valence-electron chi connectivity index (χ2n) is 18.1. The van der Waals surface area contributed by atoms with Gasteiger partial charge >= 0.3 is 0 Å². The van der Waals surface area contributed by atoms with E-state index in [1.807, 2.05) is 36.5 Å². The average Bonchev–Trinajstić information content (AvgIpc) is 3.83. The molecule has 0 aliphatic rings. The number of para-hydroxylation sites is 2. The van der Waals surface area contributed by atoms with Crippen molar-refractivity contribution < 1.29 is 9.52 Å². The van der Waals surface area contributed by atoms with Crippen LogP contribution >= 0.6 is 0 Å². The van der Waals surface area contributed by atoms with Crippen molar-refractivity contribution >= 4 is 33.0 Å². The van der Waals surface area contributed by atoms with Crippen LogP contribution in [0.3, 0.4) is 0 Å². The molecule has 298 valence electrons.